The minimum atomic E-state index is 0.330. The molecule has 2 rings (SSSR count). The van der Waals surface area contributed by atoms with Crippen molar-refractivity contribution in [3.8, 4) is 0 Å². The van der Waals surface area contributed by atoms with Gasteiger partial charge in [-0.2, -0.15) is 0 Å². The molecule has 92 valence electrons. The van der Waals surface area contributed by atoms with Crippen LogP contribution < -0.4 is 5.73 Å². The second-order valence-electron chi connectivity index (χ2n) is 5.31. The number of likely N-dealkylation sites (tertiary alicyclic amines) is 1. The van der Waals surface area contributed by atoms with Crippen molar-refractivity contribution < 1.29 is 4.79 Å². The molecular weight excluding hydrogens is 200 g/mol. The highest BCUT2D eigenvalue weighted by atomic mass is 16.2. The first-order valence-electron chi connectivity index (χ1n) is 6.81. The number of carbonyl (C=O) groups excluding carboxylic acids is 1. The third kappa shape index (κ3) is 2.76. The molecule has 1 aliphatic carbocycles. The molecule has 2 fully saturated rings. The zero-order chi connectivity index (χ0) is 11.4. The van der Waals surface area contributed by atoms with Gasteiger partial charge in [-0.1, -0.05) is 25.7 Å². The smallest absolute Gasteiger partial charge is 0.222 e. The highest BCUT2D eigenvalue weighted by molar-refractivity contribution is 5.76. The van der Waals surface area contributed by atoms with Crippen LogP contribution in [0.25, 0.3) is 0 Å². The SMILES string of the molecule is NCC1CCCN1C(=O)CCC1CCCC1. The van der Waals surface area contributed by atoms with Crippen molar-refractivity contribution in [2.75, 3.05) is 13.1 Å². The molecule has 3 heteroatoms. The van der Waals surface area contributed by atoms with Crippen molar-refractivity contribution in [2.45, 2.75) is 57.4 Å². The summed E-state index contributed by atoms with van der Waals surface area (Å²) < 4.78 is 0. The number of nitrogens with two attached hydrogens (primary N) is 1. The molecule has 1 aliphatic heterocycles. The fourth-order valence-electron chi connectivity index (χ4n) is 3.18. The van der Waals surface area contributed by atoms with Crippen LogP contribution in [0.3, 0.4) is 0 Å². The van der Waals surface area contributed by atoms with Gasteiger partial charge in [-0.3, -0.25) is 4.79 Å². The minimum Gasteiger partial charge on any atom is -0.338 e. The fraction of sp³-hybridized carbons (Fsp3) is 0.923. The number of carbonyl (C=O) groups is 1. The van der Waals surface area contributed by atoms with E-state index in [9.17, 15) is 4.79 Å². The van der Waals surface area contributed by atoms with Gasteiger partial charge in [-0.25, -0.2) is 0 Å². The van der Waals surface area contributed by atoms with Crippen LogP contribution in [-0.4, -0.2) is 29.9 Å². The van der Waals surface area contributed by atoms with E-state index in [2.05, 4.69) is 0 Å². The standard InChI is InChI=1S/C13H24N2O/c14-10-12-6-3-9-15(12)13(16)8-7-11-4-1-2-5-11/h11-12H,1-10,14H2. The molecule has 1 saturated heterocycles. The van der Waals surface area contributed by atoms with Crippen molar-refractivity contribution in [3.63, 3.8) is 0 Å². The predicted molar refractivity (Wildman–Crippen MR) is 65.0 cm³/mol. The average molecular weight is 224 g/mol. The van der Waals surface area contributed by atoms with Crippen molar-refractivity contribution in [3.05, 3.63) is 0 Å². The molecule has 1 saturated carbocycles. The third-order valence-corrected chi connectivity index (χ3v) is 4.21. The van der Waals surface area contributed by atoms with E-state index in [4.69, 9.17) is 5.73 Å². The highest BCUT2D eigenvalue weighted by Crippen LogP contribution is 2.29. The van der Waals surface area contributed by atoms with Gasteiger partial charge in [0.2, 0.25) is 5.91 Å². The zero-order valence-electron chi connectivity index (χ0n) is 10.2. The Labute approximate surface area is 98.4 Å². The van der Waals surface area contributed by atoms with Gasteiger partial charge in [0.05, 0.1) is 0 Å². The summed E-state index contributed by atoms with van der Waals surface area (Å²) in [5.41, 5.74) is 5.69. The lowest BCUT2D eigenvalue weighted by Crippen LogP contribution is -2.39. The lowest BCUT2D eigenvalue weighted by atomic mass is 10.0. The number of hydrogen-bond acceptors (Lipinski definition) is 2. The highest BCUT2D eigenvalue weighted by Gasteiger charge is 2.27. The lowest BCUT2D eigenvalue weighted by molar-refractivity contribution is -0.132. The monoisotopic (exact) mass is 224 g/mol. The molecule has 1 atom stereocenters. The summed E-state index contributed by atoms with van der Waals surface area (Å²) in [6, 6.07) is 0.330. The number of hydrogen-bond donors (Lipinski definition) is 1. The van der Waals surface area contributed by atoms with Gasteiger partial charge < -0.3 is 10.6 Å². The van der Waals surface area contributed by atoms with Crippen molar-refractivity contribution in [1.82, 2.24) is 4.90 Å². The Balaban J connectivity index is 1.74. The number of rotatable bonds is 4. The van der Waals surface area contributed by atoms with Gasteiger partial charge in [0.25, 0.3) is 0 Å². The summed E-state index contributed by atoms with van der Waals surface area (Å²) in [6.07, 6.45) is 9.51. The Morgan fingerprint density at radius 1 is 1.19 bits per heavy atom. The summed E-state index contributed by atoms with van der Waals surface area (Å²) in [6.45, 7) is 1.57. The molecule has 16 heavy (non-hydrogen) atoms. The first-order chi connectivity index (χ1) is 7.81. The Morgan fingerprint density at radius 2 is 1.94 bits per heavy atom. The normalized spacial score (nSPS) is 26.6. The van der Waals surface area contributed by atoms with E-state index in [0.29, 0.717) is 18.5 Å². The largest absolute Gasteiger partial charge is 0.338 e. The maximum absolute atomic E-state index is 12.0. The molecule has 2 N–H and O–H groups in total. The van der Waals surface area contributed by atoms with E-state index in [1.165, 1.54) is 25.7 Å². The number of nitrogens with zero attached hydrogens (tertiary/aromatic N) is 1. The van der Waals surface area contributed by atoms with Crippen molar-refractivity contribution >= 4 is 5.91 Å². The molecule has 0 aromatic rings. The van der Waals surface area contributed by atoms with E-state index in [1.807, 2.05) is 4.90 Å². The van der Waals surface area contributed by atoms with Crippen LogP contribution in [0.1, 0.15) is 51.4 Å². The second-order valence-corrected chi connectivity index (χ2v) is 5.31. The lowest BCUT2D eigenvalue weighted by Gasteiger charge is -2.24. The Hall–Kier alpha value is -0.570. The van der Waals surface area contributed by atoms with Crippen molar-refractivity contribution in [2.24, 2.45) is 11.7 Å². The van der Waals surface area contributed by atoms with Gasteiger partial charge >= 0.3 is 0 Å². The summed E-state index contributed by atoms with van der Waals surface area (Å²) in [7, 11) is 0. The van der Waals surface area contributed by atoms with E-state index in [1.54, 1.807) is 0 Å². The van der Waals surface area contributed by atoms with Crippen LogP contribution in [0, 0.1) is 5.92 Å². The Morgan fingerprint density at radius 3 is 2.62 bits per heavy atom. The van der Waals surface area contributed by atoms with Crippen LogP contribution in [0.2, 0.25) is 0 Å². The summed E-state index contributed by atoms with van der Waals surface area (Å²) in [5.74, 6) is 1.17. The molecule has 1 amide bonds. The molecule has 0 radical (unpaired) electrons. The van der Waals surface area contributed by atoms with Crippen LogP contribution in [0.4, 0.5) is 0 Å². The quantitative estimate of drug-likeness (QED) is 0.793. The van der Waals surface area contributed by atoms with Gasteiger partial charge in [0, 0.05) is 25.6 Å². The molecule has 2 aliphatic rings. The third-order valence-electron chi connectivity index (χ3n) is 4.21. The molecule has 0 spiro atoms. The minimum absolute atomic E-state index is 0.330. The maximum atomic E-state index is 12.0. The summed E-state index contributed by atoms with van der Waals surface area (Å²) in [5, 5.41) is 0. The van der Waals surface area contributed by atoms with Gasteiger partial charge in [0.1, 0.15) is 0 Å². The fourth-order valence-corrected chi connectivity index (χ4v) is 3.18. The Kier molecular flexibility index (Phi) is 4.22. The summed E-state index contributed by atoms with van der Waals surface area (Å²) in [4.78, 5) is 14.1. The molecule has 1 heterocycles. The van der Waals surface area contributed by atoms with Gasteiger partial charge in [0.15, 0.2) is 0 Å². The van der Waals surface area contributed by atoms with E-state index < -0.39 is 0 Å². The average Bonchev–Trinajstić information content (AvgIpc) is 2.96. The van der Waals surface area contributed by atoms with Crippen LogP contribution in [0.15, 0.2) is 0 Å². The zero-order valence-corrected chi connectivity index (χ0v) is 10.2. The van der Waals surface area contributed by atoms with Crippen LogP contribution >= 0.6 is 0 Å². The van der Waals surface area contributed by atoms with Crippen LogP contribution in [0.5, 0.6) is 0 Å². The second kappa shape index (κ2) is 5.67. The Bertz CT molecular complexity index is 236. The first-order valence-corrected chi connectivity index (χ1v) is 6.81. The molecule has 1 unspecified atom stereocenters. The molecule has 0 bridgehead atoms. The number of amides is 1. The van der Waals surface area contributed by atoms with E-state index in [-0.39, 0.29) is 0 Å². The molecule has 0 aromatic carbocycles. The van der Waals surface area contributed by atoms with Crippen molar-refractivity contribution in [1.29, 1.82) is 0 Å². The summed E-state index contributed by atoms with van der Waals surface area (Å²) >= 11 is 0. The molecule has 0 aromatic heterocycles. The van der Waals surface area contributed by atoms with E-state index >= 15 is 0 Å². The first kappa shape index (κ1) is 11.9. The van der Waals surface area contributed by atoms with Crippen LogP contribution in [-0.2, 0) is 4.79 Å². The van der Waals surface area contributed by atoms with E-state index in [0.717, 1.165) is 38.1 Å². The predicted octanol–water partition coefficient (Wildman–Crippen LogP) is 1.91. The maximum Gasteiger partial charge on any atom is 0.222 e. The van der Waals surface area contributed by atoms with Gasteiger partial charge in [-0.05, 0) is 25.2 Å². The van der Waals surface area contributed by atoms with Gasteiger partial charge in [-0.15, -0.1) is 0 Å². The molecular formula is C13H24N2O. The topological polar surface area (TPSA) is 46.3 Å². The molecule has 3 nitrogen and oxygen atoms in total.